The third-order valence-electron chi connectivity index (χ3n) is 6.20. The summed E-state index contributed by atoms with van der Waals surface area (Å²) in [6.45, 7) is 2.69. The van der Waals surface area contributed by atoms with Gasteiger partial charge in [0, 0.05) is 31.7 Å². The SMILES string of the molecule is COc1ccc(N2C(=O)C[C@H](N3CCC(N(C(C)=O)c4ccc(F)cc4)CC3)C2=O)cc1. The fraction of sp³-hybridized carbons (Fsp3) is 0.375. The monoisotopic (exact) mass is 439 g/mol. The molecule has 0 aliphatic carbocycles. The number of carbonyl (C=O) groups excluding carboxylic acids is 3. The number of anilines is 2. The molecule has 8 heteroatoms. The zero-order valence-corrected chi connectivity index (χ0v) is 18.2. The molecular weight excluding hydrogens is 413 g/mol. The summed E-state index contributed by atoms with van der Waals surface area (Å²) in [6, 6.07) is 12.2. The van der Waals surface area contributed by atoms with Gasteiger partial charge in [-0.05, 0) is 61.4 Å². The van der Waals surface area contributed by atoms with Crippen LogP contribution in [0.15, 0.2) is 48.5 Å². The van der Waals surface area contributed by atoms with E-state index in [1.807, 2.05) is 4.90 Å². The Kier molecular flexibility index (Phi) is 6.23. The minimum atomic E-state index is -0.498. The second-order valence-electron chi connectivity index (χ2n) is 8.12. The number of piperidine rings is 1. The van der Waals surface area contributed by atoms with Crippen LogP contribution in [0.25, 0.3) is 0 Å². The highest BCUT2D eigenvalue weighted by atomic mass is 19.1. The molecule has 3 amide bonds. The number of imide groups is 1. The van der Waals surface area contributed by atoms with E-state index in [4.69, 9.17) is 4.74 Å². The van der Waals surface area contributed by atoms with Gasteiger partial charge in [-0.2, -0.15) is 0 Å². The van der Waals surface area contributed by atoms with Gasteiger partial charge >= 0.3 is 0 Å². The molecule has 7 nitrogen and oxygen atoms in total. The number of likely N-dealkylation sites (tertiary alicyclic amines) is 1. The van der Waals surface area contributed by atoms with E-state index in [-0.39, 0.29) is 36.0 Å². The molecule has 168 valence electrons. The number of benzene rings is 2. The maximum absolute atomic E-state index is 13.3. The minimum absolute atomic E-state index is 0.0425. The summed E-state index contributed by atoms with van der Waals surface area (Å²) in [6.07, 6.45) is 1.47. The Morgan fingerprint density at radius 3 is 2.22 bits per heavy atom. The molecule has 2 aliphatic rings. The fourth-order valence-electron chi connectivity index (χ4n) is 4.61. The molecule has 0 unspecified atom stereocenters. The maximum atomic E-state index is 13.3. The molecule has 1 atom stereocenters. The van der Waals surface area contributed by atoms with Crippen molar-refractivity contribution < 1.29 is 23.5 Å². The number of methoxy groups -OCH3 is 1. The van der Waals surface area contributed by atoms with Crippen LogP contribution in [0.5, 0.6) is 5.75 Å². The van der Waals surface area contributed by atoms with Crippen LogP contribution in [0.3, 0.4) is 0 Å². The second-order valence-corrected chi connectivity index (χ2v) is 8.12. The van der Waals surface area contributed by atoms with Crippen molar-refractivity contribution in [2.75, 3.05) is 30.0 Å². The Morgan fingerprint density at radius 2 is 1.66 bits per heavy atom. The van der Waals surface area contributed by atoms with Crippen LogP contribution >= 0.6 is 0 Å². The summed E-state index contributed by atoms with van der Waals surface area (Å²) in [4.78, 5) is 43.0. The zero-order valence-electron chi connectivity index (χ0n) is 18.2. The lowest BCUT2D eigenvalue weighted by Crippen LogP contribution is -2.51. The van der Waals surface area contributed by atoms with Gasteiger partial charge in [0.2, 0.25) is 11.8 Å². The lowest BCUT2D eigenvalue weighted by molar-refractivity contribution is -0.123. The van der Waals surface area contributed by atoms with Crippen LogP contribution in [0.1, 0.15) is 26.2 Å². The third kappa shape index (κ3) is 4.23. The van der Waals surface area contributed by atoms with Crippen molar-refractivity contribution in [3.05, 3.63) is 54.3 Å². The molecule has 0 spiro atoms. The predicted molar refractivity (Wildman–Crippen MR) is 118 cm³/mol. The van der Waals surface area contributed by atoms with Gasteiger partial charge in [0.1, 0.15) is 11.6 Å². The standard InChI is InChI=1S/C24H26FN3O4/c1-16(29)27(18-5-3-17(25)4-6-18)20-11-13-26(14-12-20)22-15-23(30)28(24(22)31)19-7-9-21(32-2)10-8-19/h3-10,20,22H,11-15H2,1-2H3/t22-/m0/s1. The van der Waals surface area contributed by atoms with Crippen LogP contribution in [0.2, 0.25) is 0 Å². The molecular formula is C24H26FN3O4. The van der Waals surface area contributed by atoms with E-state index in [1.165, 1.54) is 24.0 Å². The smallest absolute Gasteiger partial charge is 0.251 e. The highest BCUT2D eigenvalue weighted by Crippen LogP contribution is 2.30. The first-order chi connectivity index (χ1) is 15.4. The quantitative estimate of drug-likeness (QED) is 0.670. The second kappa shape index (κ2) is 9.08. The highest BCUT2D eigenvalue weighted by Gasteiger charge is 2.44. The van der Waals surface area contributed by atoms with Crippen molar-refractivity contribution in [3.63, 3.8) is 0 Å². The topological polar surface area (TPSA) is 70.2 Å². The largest absolute Gasteiger partial charge is 0.497 e. The van der Waals surface area contributed by atoms with E-state index in [1.54, 1.807) is 48.4 Å². The molecule has 2 saturated heterocycles. The highest BCUT2D eigenvalue weighted by molar-refractivity contribution is 6.22. The van der Waals surface area contributed by atoms with Crippen LogP contribution in [0, 0.1) is 5.82 Å². The Balaban J connectivity index is 1.43. The predicted octanol–water partition coefficient (Wildman–Crippen LogP) is 2.98. The van der Waals surface area contributed by atoms with Crippen LogP contribution in [-0.4, -0.2) is 54.9 Å². The van der Waals surface area contributed by atoms with E-state index >= 15 is 0 Å². The molecule has 32 heavy (non-hydrogen) atoms. The Hall–Kier alpha value is -3.26. The minimum Gasteiger partial charge on any atom is -0.497 e. The van der Waals surface area contributed by atoms with Crippen LogP contribution in [-0.2, 0) is 14.4 Å². The first-order valence-corrected chi connectivity index (χ1v) is 10.7. The molecule has 4 rings (SSSR count). The van der Waals surface area contributed by atoms with Gasteiger partial charge in [-0.25, -0.2) is 9.29 Å². The lowest BCUT2D eigenvalue weighted by atomic mass is 10.00. The van der Waals surface area contributed by atoms with Gasteiger partial charge in [0.05, 0.1) is 25.3 Å². The number of nitrogens with zero attached hydrogens (tertiary/aromatic N) is 3. The average molecular weight is 439 g/mol. The number of halogens is 1. The molecule has 2 heterocycles. The maximum Gasteiger partial charge on any atom is 0.251 e. The van der Waals surface area contributed by atoms with E-state index < -0.39 is 6.04 Å². The average Bonchev–Trinajstić information content (AvgIpc) is 3.09. The van der Waals surface area contributed by atoms with Crippen molar-refractivity contribution >= 4 is 29.1 Å². The van der Waals surface area contributed by atoms with Crippen LogP contribution in [0.4, 0.5) is 15.8 Å². The Morgan fingerprint density at radius 1 is 1.03 bits per heavy atom. The molecule has 0 radical (unpaired) electrons. The Labute approximate surface area is 186 Å². The number of rotatable bonds is 5. The molecule has 0 bridgehead atoms. The van der Waals surface area contributed by atoms with E-state index in [0.717, 1.165) is 0 Å². The van der Waals surface area contributed by atoms with Gasteiger partial charge in [0.15, 0.2) is 0 Å². The van der Waals surface area contributed by atoms with Gasteiger partial charge in [0.25, 0.3) is 5.91 Å². The van der Waals surface area contributed by atoms with E-state index in [0.29, 0.717) is 43.1 Å². The molecule has 0 N–H and O–H groups in total. The molecule has 2 aliphatic heterocycles. The Bertz CT molecular complexity index is 1000. The summed E-state index contributed by atoms with van der Waals surface area (Å²) in [5, 5.41) is 0. The molecule has 2 aromatic carbocycles. The fourth-order valence-corrected chi connectivity index (χ4v) is 4.61. The van der Waals surface area contributed by atoms with E-state index in [9.17, 15) is 18.8 Å². The zero-order chi connectivity index (χ0) is 22.8. The van der Waals surface area contributed by atoms with Crippen molar-refractivity contribution in [2.45, 2.75) is 38.3 Å². The van der Waals surface area contributed by atoms with Gasteiger partial charge in [-0.1, -0.05) is 0 Å². The normalized spacial score (nSPS) is 20.0. The number of hydrogen-bond acceptors (Lipinski definition) is 5. The number of amides is 3. The number of ether oxygens (including phenoxy) is 1. The van der Waals surface area contributed by atoms with Gasteiger partial charge in [-0.15, -0.1) is 0 Å². The molecule has 0 aromatic heterocycles. The molecule has 2 fully saturated rings. The summed E-state index contributed by atoms with van der Waals surface area (Å²) < 4.78 is 18.4. The summed E-state index contributed by atoms with van der Waals surface area (Å²) in [7, 11) is 1.56. The first-order valence-electron chi connectivity index (χ1n) is 10.7. The van der Waals surface area contributed by atoms with Crippen molar-refractivity contribution in [1.82, 2.24) is 4.90 Å². The molecule has 0 saturated carbocycles. The summed E-state index contributed by atoms with van der Waals surface area (Å²) in [5.74, 6) is -0.238. The van der Waals surface area contributed by atoms with Crippen molar-refractivity contribution in [2.24, 2.45) is 0 Å². The van der Waals surface area contributed by atoms with Gasteiger partial charge < -0.3 is 9.64 Å². The third-order valence-corrected chi connectivity index (χ3v) is 6.20. The first kappa shape index (κ1) is 22.0. The number of carbonyl (C=O) groups is 3. The van der Waals surface area contributed by atoms with Crippen molar-refractivity contribution in [1.29, 1.82) is 0 Å². The summed E-state index contributed by atoms with van der Waals surface area (Å²) in [5.41, 5.74) is 1.20. The van der Waals surface area contributed by atoms with Crippen LogP contribution < -0.4 is 14.5 Å². The number of hydrogen-bond donors (Lipinski definition) is 0. The van der Waals surface area contributed by atoms with Crippen molar-refractivity contribution in [3.8, 4) is 5.75 Å². The van der Waals surface area contributed by atoms with E-state index in [2.05, 4.69) is 0 Å². The summed E-state index contributed by atoms with van der Waals surface area (Å²) >= 11 is 0. The lowest BCUT2D eigenvalue weighted by Gasteiger charge is -2.39. The van der Waals surface area contributed by atoms with Gasteiger partial charge in [-0.3, -0.25) is 19.3 Å². The molecule has 2 aromatic rings.